The van der Waals surface area contributed by atoms with Crippen molar-refractivity contribution in [2.24, 2.45) is 11.8 Å². The zero-order valence-corrected chi connectivity index (χ0v) is 11.9. The lowest BCUT2D eigenvalue weighted by Gasteiger charge is -2.15. The molecule has 0 spiro atoms. The third kappa shape index (κ3) is 3.33. The standard InChI is InChI=1S/C12H17N3O4S/c1-9-6-13-7-10(9)8-14-20(18,19)12-4-2-11(3-5-12)15(16)17/h2-5,9-10,13-14H,6-8H2,1H3/t9-,10+/m1/s1. The molecule has 0 radical (unpaired) electrons. The molecule has 1 aromatic rings. The van der Waals surface area contributed by atoms with Gasteiger partial charge in [-0.2, -0.15) is 0 Å². The molecule has 0 unspecified atom stereocenters. The van der Waals surface area contributed by atoms with E-state index in [1.165, 1.54) is 24.3 Å². The Hall–Kier alpha value is -1.51. The second-order valence-corrected chi connectivity index (χ2v) is 6.77. The Morgan fingerprint density at radius 3 is 2.50 bits per heavy atom. The zero-order chi connectivity index (χ0) is 14.8. The molecule has 0 saturated carbocycles. The second kappa shape index (κ2) is 5.86. The average Bonchev–Trinajstić information content (AvgIpc) is 2.82. The number of nitrogens with one attached hydrogen (secondary N) is 2. The van der Waals surface area contributed by atoms with Crippen LogP contribution in [-0.4, -0.2) is 33.0 Å². The van der Waals surface area contributed by atoms with Crippen molar-refractivity contribution in [3.63, 3.8) is 0 Å². The molecule has 0 aromatic heterocycles. The van der Waals surface area contributed by atoms with Crippen molar-refractivity contribution in [3.8, 4) is 0 Å². The van der Waals surface area contributed by atoms with Crippen LogP contribution < -0.4 is 10.0 Å². The lowest BCUT2D eigenvalue weighted by molar-refractivity contribution is -0.384. The summed E-state index contributed by atoms with van der Waals surface area (Å²) in [7, 11) is -3.61. The first kappa shape index (κ1) is 14.9. The summed E-state index contributed by atoms with van der Waals surface area (Å²) < 4.78 is 26.7. The fourth-order valence-corrected chi connectivity index (χ4v) is 3.28. The Balaban J connectivity index is 2.04. The molecule has 2 rings (SSSR count). The Labute approximate surface area is 117 Å². The molecule has 1 saturated heterocycles. The number of nitro groups is 1. The van der Waals surface area contributed by atoms with E-state index in [1.54, 1.807) is 0 Å². The molecular formula is C12H17N3O4S. The summed E-state index contributed by atoms with van der Waals surface area (Å²) in [6.45, 7) is 4.13. The molecule has 2 N–H and O–H groups in total. The van der Waals surface area contributed by atoms with Crippen molar-refractivity contribution >= 4 is 15.7 Å². The van der Waals surface area contributed by atoms with Gasteiger partial charge in [0.05, 0.1) is 9.82 Å². The molecule has 110 valence electrons. The first-order valence-corrected chi connectivity index (χ1v) is 7.83. The van der Waals surface area contributed by atoms with Gasteiger partial charge >= 0.3 is 0 Å². The number of hydrogen-bond donors (Lipinski definition) is 2. The maximum atomic E-state index is 12.1. The number of sulfonamides is 1. The smallest absolute Gasteiger partial charge is 0.269 e. The monoisotopic (exact) mass is 299 g/mol. The van der Waals surface area contributed by atoms with Crippen molar-refractivity contribution in [2.45, 2.75) is 11.8 Å². The Bertz CT molecular complexity index is 585. The normalized spacial score (nSPS) is 22.9. The van der Waals surface area contributed by atoms with E-state index in [2.05, 4.69) is 17.0 Å². The van der Waals surface area contributed by atoms with Crippen molar-refractivity contribution < 1.29 is 13.3 Å². The molecule has 1 aliphatic rings. The van der Waals surface area contributed by atoms with E-state index in [-0.39, 0.29) is 16.5 Å². The van der Waals surface area contributed by atoms with Gasteiger partial charge in [-0.25, -0.2) is 13.1 Å². The summed E-state index contributed by atoms with van der Waals surface area (Å²) in [4.78, 5) is 10.0. The van der Waals surface area contributed by atoms with Crippen LogP contribution in [-0.2, 0) is 10.0 Å². The number of non-ortho nitro benzene ring substituents is 1. The SMILES string of the molecule is C[C@@H]1CNC[C@H]1CNS(=O)(=O)c1ccc([N+](=O)[O-])cc1. The highest BCUT2D eigenvalue weighted by Crippen LogP contribution is 2.18. The zero-order valence-electron chi connectivity index (χ0n) is 11.1. The highest BCUT2D eigenvalue weighted by Gasteiger charge is 2.25. The molecular weight excluding hydrogens is 282 g/mol. The topological polar surface area (TPSA) is 101 Å². The van der Waals surface area contributed by atoms with Crippen LogP contribution in [0.2, 0.25) is 0 Å². The highest BCUT2D eigenvalue weighted by molar-refractivity contribution is 7.89. The minimum Gasteiger partial charge on any atom is -0.316 e. The van der Waals surface area contributed by atoms with Crippen LogP contribution in [0.3, 0.4) is 0 Å². The van der Waals surface area contributed by atoms with Crippen LogP contribution in [0, 0.1) is 22.0 Å². The number of rotatable bonds is 5. The third-order valence-electron chi connectivity index (χ3n) is 3.57. The van der Waals surface area contributed by atoms with E-state index in [1.807, 2.05) is 0 Å². The van der Waals surface area contributed by atoms with Gasteiger partial charge in [0.25, 0.3) is 5.69 Å². The predicted octanol–water partition coefficient (Wildman–Crippen LogP) is 0.729. The van der Waals surface area contributed by atoms with Gasteiger partial charge in [-0.15, -0.1) is 0 Å². The number of nitrogens with zero attached hydrogens (tertiary/aromatic N) is 1. The van der Waals surface area contributed by atoms with Gasteiger partial charge in [-0.05, 0) is 37.1 Å². The molecule has 1 aromatic carbocycles. The first-order chi connectivity index (χ1) is 9.40. The molecule has 1 aliphatic heterocycles. The molecule has 2 atom stereocenters. The number of nitro benzene ring substituents is 1. The third-order valence-corrected chi connectivity index (χ3v) is 5.01. The van der Waals surface area contributed by atoms with Crippen molar-refractivity contribution in [2.75, 3.05) is 19.6 Å². The van der Waals surface area contributed by atoms with Gasteiger partial charge in [-0.1, -0.05) is 6.92 Å². The van der Waals surface area contributed by atoms with Crippen molar-refractivity contribution in [1.82, 2.24) is 10.0 Å². The predicted molar refractivity (Wildman–Crippen MR) is 73.8 cm³/mol. The van der Waals surface area contributed by atoms with Crippen LogP contribution in [0.4, 0.5) is 5.69 Å². The number of hydrogen-bond acceptors (Lipinski definition) is 5. The fourth-order valence-electron chi connectivity index (χ4n) is 2.18. The van der Waals surface area contributed by atoms with Crippen LogP contribution in [0.25, 0.3) is 0 Å². The summed E-state index contributed by atoms with van der Waals surface area (Å²) in [6.07, 6.45) is 0. The minimum atomic E-state index is -3.61. The van der Waals surface area contributed by atoms with Gasteiger partial charge in [0, 0.05) is 18.7 Å². The van der Waals surface area contributed by atoms with Gasteiger partial charge in [0.15, 0.2) is 0 Å². The quantitative estimate of drug-likeness (QED) is 0.616. The molecule has 1 heterocycles. The second-order valence-electron chi connectivity index (χ2n) is 5.00. The van der Waals surface area contributed by atoms with Crippen LogP contribution in [0.1, 0.15) is 6.92 Å². The van der Waals surface area contributed by atoms with Crippen molar-refractivity contribution in [1.29, 1.82) is 0 Å². The maximum absolute atomic E-state index is 12.1. The van der Waals surface area contributed by atoms with E-state index in [4.69, 9.17) is 0 Å². The molecule has 0 aliphatic carbocycles. The summed E-state index contributed by atoms with van der Waals surface area (Å²) >= 11 is 0. The number of benzene rings is 1. The van der Waals surface area contributed by atoms with E-state index in [0.29, 0.717) is 12.5 Å². The van der Waals surface area contributed by atoms with Crippen LogP contribution in [0.5, 0.6) is 0 Å². The van der Waals surface area contributed by atoms with E-state index in [9.17, 15) is 18.5 Å². The van der Waals surface area contributed by atoms with E-state index < -0.39 is 14.9 Å². The lowest BCUT2D eigenvalue weighted by Crippen LogP contribution is -2.32. The molecule has 20 heavy (non-hydrogen) atoms. The Kier molecular flexibility index (Phi) is 4.36. The summed E-state index contributed by atoms with van der Waals surface area (Å²) in [5.41, 5.74) is -0.127. The summed E-state index contributed by atoms with van der Waals surface area (Å²) in [6, 6.07) is 4.87. The molecule has 7 nitrogen and oxygen atoms in total. The van der Waals surface area contributed by atoms with E-state index in [0.717, 1.165) is 13.1 Å². The fraction of sp³-hybridized carbons (Fsp3) is 0.500. The van der Waals surface area contributed by atoms with Gasteiger partial charge in [0.2, 0.25) is 10.0 Å². The van der Waals surface area contributed by atoms with Crippen LogP contribution >= 0.6 is 0 Å². The van der Waals surface area contributed by atoms with Gasteiger partial charge in [-0.3, -0.25) is 10.1 Å². The molecule has 0 bridgehead atoms. The van der Waals surface area contributed by atoms with Gasteiger partial charge < -0.3 is 5.32 Å². The van der Waals surface area contributed by atoms with E-state index >= 15 is 0 Å². The maximum Gasteiger partial charge on any atom is 0.269 e. The van der Waals surface area contributed by atoms with Crippen molar-refractivity contribution in [3.05, 3.63) is 34.4 Å². The first-order valence-electron chi connectivity index (χ1n) is 6.35. The summed E-state index contributed by atoms with van der Waals surface area (Å²) in [5, 5.41) is 13.7. The molecule has 8 heteroatoms. The summed E-state index contributed by atoms with van der Waals surface area (Å²) in [5.74, 6) is 0.692. The lowest BCUT2D eigenvalue weighted by atomic mass is 9.99. The average molecular weight is 299 g/mol. The minimum absolute atomic E-state index is 0.0432. The van der Waals surface area contributed by atoms with Gasteiger partial charge in [0.1, 0.15) is 0 Å². The highest BCUT2D eigenvalue weighted by atomic mass is 32.2. The Morgan fingerprint density at radius 2 is 2.00 bits per heavy atom. The molecule has 0 amide bonds. The Morgan fingerprint density at radius 1 is 1.35 bits per heavy atom. The van der Waals surface area contributed by atoms with Crippen LogP contribution in [0.15, 0.2) is 29.2 Å². The molecule has 1 fully saturated rings. The largest absolute Gasteiger partial charge is 0.316 e.